The van der Waals surface area contributed by atoms with E-state index in [1.54, 1.807) is 0 Å². The summed E-state index contributed by atoms with van der Waals surface area (Å²) >= 11 is 0. The highest BCUT2D eigenvalue weighted by atomic mass is 16.4. The van der Waals surface area contributed by atoms with E-state index in [2.05, 4.69) is 24.1 Å². The lowest BCUT2D eigenvalue weighted by atomic mass is 9.94. The van der Waals surface area contributed by atoms with Crippen LogP contribution in [0.4, 0.5) is 0 Å². The Bertz CT molecular complexity index is 339. The quantitative estimate of drug-likeness (QED) is 0.612. The van der Waals surface area contributed by atoms with Gasteiger partial charge < -0.3 is 16.2 Å². The van der Waals surface area contributed by atoms with Crippen LogP contribution in [0, 0.1) is 11.8 Å². The zero-order valence-electron chi connectivity index (χ0n) is 13.2. The van der Waals surface area contributed by atoms with Gasteiger partial charge in [0.05, 0.1) is 6.54 Å². The number of carbonyl (C=O) groups excluding carboxylic acids is 1. The number of aliphatic carboxylic acids is 1. The summed E-state index contributed by atoms with van der Waals surface area (Å²) in [5, 5.41) is 11.8. The molecule has 0 aromatic rings. The molecule has 0 aliphatic carbocycles. The Morgan fingerprint density at radius 2 is 1.95 bits per heavy atom. The van der Waals surface area contributed by atoms with Crippen LogP contribution >= 0.6 is 0 Å². The zero-order chi connectivity index (χ0) is 15.8. The molecule has 1 aliphatic rings. The zero-order valence-corrected chi connectivity index (χ0v) is 13.2. The van der Waals surface area contributed by atoms with Gasteiger partial charge in [-0.25, -0.2) is 0 Å². The van der Waals surface area contributed by atoms with Crippen LogP contribution in [0.3, 0.4) is 0 Å². The van der Waals surface area contributed by atoms with E-state index in [0.717, 1.165) is 32.4 Å². The van der Waals surface area contributed by atoms with Crippen molar-refractivity contribution in [2.75, 3.05) is 26.2 Å². The van der Waals surface area contributed by atoms with Gasteiger partial charge in [0.25, 0.3) is 0 Å². The van der Waals surface area contributed by atoms with Crippen molar-refractivity contribution in [1.29, 1.82) is 0 Å². The molecule has 0 aromatic carbocycles. The molecular weight excluding hydrogens is 270 g/mol. The van der Waals surface area contributed by atoms with Crippen molar-refractivity contribution in [1.82, 2.24) is 10.2 Å². The van der Waals surface area contributed by atoms with E-state index in [1.165, 1.54) is 0 Å². The van der Waals surface area contributed by atoms with Crippen LogP contribution in [0.25, 0.3) is 0 Å². The average molecular weight is 299 g/mol. The normalized spacial score (nSPS) is 18.7. The highest BCUT2D eigenvalue weighted by molar-refractivity contribution is 5.78. The molecule has 0 aromatic heterocycles. The molecule has 21 heavy (non-hydrogen) atoms. The van der Waals surface area contributed by atoms with Crippen molar-refractivity contribution in [3.8, 4) is 0 Å². The van der Waals surface area contributed by atoms with Gasteiger partial charge in [-0.05, 0) is 31.1 Å². The third-order valence-corrected chi connectivity index (χ3v) is 3.86. The predicted octanol–water partition coefficient (Wildman–Crippen LogP) is 0.663. The first-order valence-electron chi connectivity index (χ1n) is 7.83. The molecule has 1 atom stereocenters. The number of carboxylic acid groups (broad SMARTS) is 1. The SMILES string of the molecule is CC(C)C[C@H](CNC(=O)CN1CCC(N)CC1)CC(=O)O. The monoisotopic (exact) mass is 299 g/mol. The summed E-state index contributed by atoms with van der Waals surface area (Å²) in [5.41, 5.74) is 5.84. The Morgan fingerprint density at radius 3 is 2.48 bits per heavy atom. The van der Waals surface area contributed by atoms with Crippen LogP contribution < -0.4 is 11.1 Å². The van der Waals surface area contributed by atoms with E-state index in [4.69, 9.17) is 10.8 Å². The lowest BCUT2D eigenvalue weighted by molar-refractivity contribution is -0.138. The molecule has 1 aliphatic heterocycles. The average Bonchev–Trinajstić information content (AvgIpc) is 2.37. The molecule has 0 bridgehead atoms. The van der Waals surface area contributed by atoms with Gasteiger partial charge in [0.1, 0.15) is 0 Å². The van der Waals surface area contributed by atoms with Crippen LogP contribution in [-0.2, 0) is 9.59 Å². The summed E-state index contributed by atoms with van der Waals surface area (Å²) in [5.74, 6) is -0.402. The van der Waals surface area contributed by atoms with Gasteiger partial charge in [0.2, 0.25) is 5.91 Å². The largest absolute Gasteiger partial charge is 0.481 e. The number of amides is 1. The first-order chi connectivity index (χ1) is 9.86. The number of nitrogens with zero attached hydrogens (tertiary/aromatic N) is 1. The van der Waals surface area contributed by atoms with E-state index >= 15 is 0 Å². The highest BCUT2D eigenvalue weighted by Crippen LogP contribution is 2.14. The Labute approximate surface area is 127 Å². The number of hydrogen-bond donors (Lipinski definition) is 3. The number of rotatable bonds is 8. The second-order valence-corrected chi connectivity index (χ2v) is 6.51. The predicted molar refractivity (Wildman–Crippen MR) is 81.9 cm³/mol. The number of piperidine rings is 1. The number of nitrogens with one attached hydrogen (secondary N) is 1. The fourth-order valence-corrected chi connectivity index (χ4v) is 2.78. The molecule has 0 radical (unpaired) electrons. The Balaban J connectivity index is 2.30. The minimum atomic E-state index is -0.806. The number of hydrogen-bond acceptors (Lipinski definition) is 4. The number of nitrogens with two attached hydrogens (primary N) is 1. The van der Waals surface area contributed by atoms with E-state index in [0.29, 0.717) is 19.0 Å². The Morgan fingerprint density at radius 1 is 1.33 bits per heavy atom. The maximum absolute atomic E-state index is 11.9. The van der Waals surface area contributed by atoms with E-state index in [-0.39, 0.29) is 24.3 Å². The number of likely N-dealkylation sites (tertiary alicyclic amines) is 1. The fourth-order valence-electron chi connectivity index (χ4n) is 2.78. The Kier molecular flexibility index (Phi) is 7.67. The van der Waals surface area contributed by atoms with Gasteiger partial charge in [0.15, 0.2) is 0 Å². The molecule has 6 nitrogen and oxygen atoms in total. The van der Waals surface area contributed by atoms with Gasteiger partial charge in [-0.3, -0.25) is 14.5 Å². The van der Waals surface area contributed by atoms with Crippen molar-refractivity contribution in [2.45, 2.75) is 45.6 Å². The Hall–Kier alpha value is -1.14. The van der Waals surface area contributed by atoms with E-state index in [1.807, 2.05) is 0 Å². The molecule has 1 heterocycles. The number of carbonyl (C=O) groups is 2. The molecule has 1 rings (SSSR count). The lowest BCUT2D eigenvalue weighted by Gasteiger charge is -2.29. The number of carboxylic acids is 1. The lowest BCUT2D eigenvalue weighted by Crippen LogP contribution is -2.45. The summed E-state index contributed by atoms with van der Waals surface area (Å²) in [4.78, 5) is 24.9. The standard InChI is InChI=1S/C15H29N3O3/c1-11(2)7-12(8-15(20)21)9-17-14(19)10-18-5-3-13(16)4-6-18/h11-13H,3-10,16H2,1-2H3,(H,17,19)(H,20,21)/t12-/m0/s1. The molecule has 0 spiro atoms. The van der Waals surface area contributed by atoms with Gasteiger partial charge in [0, 0.05) is 32.1 Å². The summed E-state index contributed by atoms with van der Waals surface area (Å²) in [7, 11) is 0. The molecule has 122 valence electrons. The summed E-state index contributed by atoms with van der Waals surface area (Å²) < 4.78 is 0. The maximum atomic E-state index is 11.9. The summed E-state index contributed by atoms with van der Waals surface area (Å²) in [6, 6.07) is 0.260. The third-order valence-electron chi connectivity index (χ3n) is 3.86. The molecule has 4 N–H and O–H groups in total. The van der Waals surface area contributed by atoms with Crippen LogP contribution in [0.1, 0.15) is 39.5 Å². The van der Waals surface area contributed by atoms with Gasteiger partial charge in [-0.15, -0.1) is 0 Å². The molecule has 1 fully saturated rings. The molecule has 0 unspecified atom stereocenters. The van der Waals surface area contributed by atoms with Gasteiger partial charge >= 0.3 is 5.97 Å². The van der Waals surface area contributed by atoms with Gasteiger partial charge in [-0.2, -0.15) is 0 Å². The molecular formula is C15H29N3O3. The van der Waals surface area contributed by atoms with E-state index < -0.39 is 5.97 Å². The molecule has 0 saturated carbocycles. The second kappa shape index (κ2) is 9.00. The van der Waals surface area contributed by atoms with Crippen LogP contribution in [0.5, 0.6) is 0 Å². The minimum Gasteiger partial charge on any atom is -0.481 e. The van der Waals surface area contributed by atoms with E-state index in [9.17, 15) is 9.59 Å². The van der Waals surface area contributed by atoms with Crippen molar-refractivity contribution in [2.24, 2.45) is 17.6 Å². The molecule has 1 saturated heterocycles. The maximum Gasteiger partial charge on any atom is 0.303 e. The summed E-state index contributed by atoms with van der Waals surface area (Å²) in [6.07, 6.45) is 2.78. The van der Waals surface area contributed by atoms with Crippen LogP contribution in [-0.4, -0.2) is 54.1 Å². The second-order valence-electron chi connectivity index (χ2n) is 6.51. The molecule has 1 amide bonds. The first kappa shape index (κ1) is 17.9. The third kappa shape index (κ3) is 8.02. The van der Waals surface area contributed by atoms with Crippen molar-refractivity contribution in [3.63, 3.8) is 0 Å². The smallest absolute Gasteiger partial charge is 0.303 e. The topological polar surface area (TPSA) is 95.7 Å². The van der Waals surface area contributed by atoms with Crippen molar-refractivity contribution < 1.29 is 14.7 Å². The van der Waals surface area contributed by atoms with Crippen LogP contribution in [0.2, 0.25) is 0 Å². The molecule has 6 heteroatoms. The van der Waals surface area contributed by atoms with Crippen LogP contribution in [0.15, 0.2) is 0 Å². The fraction of sp³-hybridized carbons (Fsp3) is 0.867. The van der Waals surface area contributed by atoms with Crippen molar-refractivity contribution >= 4 is 11.9 Å². The first-order valence-corrected chi connectivity index (χ1v) is 7.83. The highest BCUT2D eigenvalue weighted by Gasteiger charge is 2.20. The summed E-state index contributed by atoms with van der Waals surface area (Å²) in [6.45, 7) is 6.67. The van der Waals surface area contributed by atoms with Crippen molar-refractivity contribution in [3.05, 3.63) is 0 Å². The minimum absolute atomic E-state index is 0.00114. The van der Waals surface area contributed by atoms with Gasteiger partial charge in [-0.1, -0.05) is 13.8 Å².